The Bertz CT molecular complexity index is 231. The fraction of sp³-hybridized carbons (Fsp3) is 1.00. The second-order valence-electron chi connectivity index (χ2n) is 5.95. The third kappa shape index (κ3) is 3.29. The van der Waals surface area contributed by atoms with E-state index in [0.717, 1.165) is 12.8 Å². The molecule has 4 heteroatoms. The Kier molecular flexibility index (Phi) is 3.74. The van der Waals surface area contributed by atoms with Crippen LogP contribution in [0.4, 0.5) is 0 Å². The second-order valence-corrected chi connectivity index (χ2v) is 10.5. The Hall–Kier alpha value is 0.0969. The normalized spacial score (nSPS) is 29.8. The van der Waals surface area contributed by atoms with Crippen molar-refractivity contribution >= 4 is 8.32 Å². The largest absolute Gasteiger partial charge is 0.415 e. The molecule has 1 aliphatic carbocycles. The first-order valence-electron chi connectivity index (χ1n) is 6.45. The zero-order valence-electron chi connectivity index (χ0n) is 10.8. The van der Waals surface area contributed by atoms with Gasteiger partial charge >= 0.3 is 0 Å². The summed E-state index contributed by atoms with van der Waals surface area (Å²) in [6.07, 6.45) is 6.09. The lowest BCUT2D eigenvalue weighted by Crippen LogP contribution is -2.35. The first-order chi connectivity index (χ1) is 7.49. The topological polar surface area (TPSA) is 27.7 Å². The van der Waals surface area contributed by atoms with Crippen LogP contribution >= 0.6 is 0 Å². The minimum Gasteiger partial charge on any atom is -0.415 e. The fourth-order valence-corrected chi connectivity index (χ4v) is 3.08. The van der Waals surface area contributed by atoms with Gasteiger partial charge in [-0.05, 0) is 32.5 Å². The molecule has 0 bridgehead atoms. The highest BCUT2D eigenvalue weighted by atomic mass is 28.4. The van der Waals surface area contributed by atoms with Crippen molar-refractivity contribution in [2.24, 2.45) is 0 Å². The van der Waals surface area contributed by atoms with Crippen molar-refractivity contribution in [1.29, 1.82) is 0 Å². The molecule has 1 heterocycles. The van der Waals surface area contributed by atoms with Crippen LogP contribution in [0.25, 0.3) is 0 Å². The van der Waals surface area contributed by atoms with E-state index in [1.165, 1.54) is 19.3 Å². The molecule has 1 saturated heterocycles. The Balaban J connectivity index is 1.79. The van der Waals surface area contributed by atoms with Gasteiger partial charge in [0.1, 0.15) is 6.10 Å². The third-order valence-electron chi connectivity index (χ3n) is 3.23. The smallest absolute Gasteiger partial charge is 0.183 e. The minimum absolute atomic E-state index is 0.157. The summed E-state index contributed by atoms with van der Waals surface area (Å²) in [5.41, 5.74) is 0. The van der Waals surface area contributed by atoms with E-state index in [-0.39, 0.29) is 11.9 Å². The van der Waals surface area contributed by atoms with E-state index < -0.39 is 8.32 Å². The molecule has 0 aromatic heterocycles. The molecule has 0 aromatic rings. The standard InChI is InChI=1S/C12H24O3Si/c1-16(2,3)14-10-11-9-13-12(15-11)7-5-4-6-8-12/h11H,4-10H2,1-3H3. The monoisotopic (exact) mass is 244 g/mol. The summed E-state index contributed by atoms with van der Waals surface area (Å²) in [5.74, 6) is -0.244. The SMILES string of the molecule is C[Si](C)(C)OCC1COC2(CCCCC2)O1. The molecule has 1 spiro atoms. The van der Waals surface area contributed by atoms with Crippen LogP contribution in [-0.4, -0.2) is 33.4 Å². The Morgan fingerprint density at radius 1 is 1.19 bits per heavy atom. The summed E-state index contributed by atoms with van der Waals surface area (Å²) < 4.78 is 17.8. The third-order valence-corrected chi connectivity index (χ3v) is 4.26. The molecule has 1 saturated carbocycles. The van der Waals surface area contributed by atoms with Crippen molar-refractivity contribution in [3.63, 3.8) is 0 Å². The molecule has 2 fully saturated rings. The maximum Gasteiger partial charge on any atom is 0.183 e. The Morgan fingerprint density at radius 2 is 1.88 bits per heavy atom. The van der Waals surface area contributed by atoms with Crippen LogP contribution in [0.3, 0.4) is 0 Å². The van der Waals surface area contributed by atoms with Gasteiger partial charge in [0.2, 0.25) is 0 Å². The summed E-state index contributed by atoms with van der Waals surface area (Å²) in [4.78, 5) is 0. The highest BCUT2D eigenvalue weighted by Gasteiger charge is 2.42. The molecule has 2 rings (SSSR count). The second kappa shape index (κ2) is 4.76. The van der Waals surface area contributed by atoms with Gasteiger partial charge in [0.25, 0.3) is 0 Å². The summed E-state index contributed by atoms with van der Waals surface area (Å²) in [6, 6.07) is 0. The summed E-state index contributed by atoms with van der Waals surface area (Å²) in [6.45, 7) is 8.04. The van der Waals surface area contributed by atoms with E-state index in [0.29, 0.717) is 13.2 Å². The predicted octanol–water partition coefficient (Wildman–Crippen LogP) is 2.91. The lowest BCUT2D eigenvalue weighted by Gasteiger charge is -2.32. The van der Waals surface area contributed by atoms with Gasteiger partial charge in [0.15, 0.2) is 14.1 Å². The van der Waals surface area contributed by atoms with Crippen LogP contribution in [0.5, 0.6) is 0 Å². The van der Waals surface area contributed by atoms with E-state index in [1.807, 2.05) is 0 Å². The van der Waals surface area contributed by atoms with Gasteiger partial charge in [-0.2, -0.15) is 0 Å². The molecule has 0 radical (unpaired) electrons. The van der Waals surface area contributed by atoms with E-state index >= 15 is 0 Å². The zero-order valence-corrected chi connectivity index (χ0v) is 11.8. The van der Waals surface area contributed by atoms with Crippen molar-refractivity contribution < 1.29 is 13.9 Å². The van der Waals surface area contributed by atoms with Gasteiger partial charge in [-0.1, -0.05) is 6.42 Å². The lowest BCUT2D eigenvalue weighted by atomic mass is 9.94. The summed E-state index contributed by atoms with van der Waals surface area (Å²) in [7, 11) is -1.42. The first kappa shape index (κ1) is 12.6. The number of rotatable bonds is 3. The maximum absolute atomic E-state index is 6.06. The van der Waals surface area contributed by atoms with Gasteiger partial charge in [0.05, 0.1) is 13.2 Å². The van der Waals surface area contributed by atoms with Gasteiger partial charge in [-0.15, -0.1) is 0 Å². The maximum atomic E-state index is 6.06. The van der Waals surface area contributed by atoms with Crippen LogP contribution in [0.1, 0.15) is 32.1 Å². The quantitative estimate of drug-likeness (QED) is 0.714. The van der Waals surface area contributed by atoms with Crippen LogP contribution < -0.4 is 0 Å². The average molecular weight is 244 g/mol. The van der Waals surface area contributed by atoms with Crippen molar-refractivity contribution in [3.8, 4) is 0 Å². The van der Waals surface area contributed by atoms with E-state index in [2.05, 4.69) is 19.6 Å². The summed E-state index contributed by atoms with van der Waals surface area (Å²) in [5, 5.41) is 0. The van der Waals surface area contributed by atoms with Gasteiger partial charge in [-0.3, -0.25) is 0 Å². The molecule has 2 aliphatic rings. The van der Waals surface area contributed by atoms with Crippen molar-refractivity contribution in [2.45, 2.75) is 63.6 Å². The molecule has 3 nitrogen and oxygen atoms in total. The molecule has 0 amide bonds. The van der Waals surface area contributed by atoms with Gasteiger partial charge < -0.3 is 13.9 Å². The van der Waals surface area contributed by atoms with Gasteiger partial charge in [-0.25, -0.2) is 0 Å². The van der Waals surface area contributed by atoms with Crippen molar-refractivity contribution in [3.05, 3.63) is 0 Å². The molecular formula is C12H24O3Si. The van der Waals surface area contributed by atoms with E-state index in [9.17, 15) is 0 Å². The Morgan fingerprint density at radius 3 is 2.50 bits per heavy atom. The molecule has 0 N–H and O–H groups in total. The van der Waals surface area contributed by atoms with Crippen LogP contribution in [0.15, 0.2) is 0 Å². The molecule has 16 heavy (non-hydrogen) atoms. The molecule has 1 atom stereocenters. The highest BCUT2D eigenvalue weighted by molar-refractivity contribution is 6.69. The predicted molar refractivity (Wildman–Crippen MR) is 65.9 cm³/mol. The molecule has 1 unspecified atom stereocenters. The highest BCUT2D eigenvalue weighted by Crippen LogP contribution is 2.37. The number of hydrogen-bond acceptors (Lipinski definition) is 3. The van der Waals surface area contributed by atoms with E-state index in [1.54, 1.807) is 0 Å². The van der Waals surface area contributed by atoms with E-state index in [4.69, 9.17) is 13.9 Å². The van der Waals surface area contributed by atoms with Crippen LogP contribution in [0.2, 0.25) is 19.6 Å². The Labute approximate surface area is 99.6 Å². The lowest BCUT2D eigenvalue weighted by molar-refractivity contribution is -0.189. The van der Waals surface area contributed by atoms with Crippen LogP contribution in [-0.2, 0) is 13.9 Å². The summed E-state index contributed by atoms with van der Waals surface area (Å²) >= 11 is 0. The first-order valence-corrected chi connectivity index (χ1v) is 9.86. The molecule has 94 valence electrons. The average Bonchev–Trinajstić information content (AvgIpc) is 2.59. The van der Waals surface area contributed by atoms with Crippen molar-refractivity contribution in [2.75, 3.05) is 13.2 Å². The molecule has 1 aliphatic heterocycles. The van der Waals surface area contributed by atoms with Gasteiger partial charge in [0, 0.05) is 12.8 Å². The number of hydrogen-bond donors (Lipinski definition) is 0. The minimum atomic E-state index is -1.42. The molecular weight excluding hydrogens is 220 g/mol. The van der Waals surface area contributed by atoms with Crippen molar-refractivity contribution in [1.82, 2.24) is 0 Å². The van der Waals surface area contributed by atoms with Crippen LogP contribution in [0, 0.1) is 0 Å². The zero-order chi connectivity index (χ0) is 11.6. The molecule has 0 aromatic carbocycles. The fourth-order valence-electron chi connectivity index (χ4n) is 2.39. The number of ether oxygens (including phenoxy) is 2.